The van der Waals surface area contributed by atoms with Crippen molar-refractivity contribution in [2.24, 2.45) is 0 Å². The number of hydrogen-bond acceptors (Lipinski definition) is 7. The molecule has 0 aliphatic heterocycles. The molecule has 25 heavy (non-hydrogen) atoms. The summed E-state index contributed by atoms with van der Waals surface area (Å²) in [4.78, 5) is 30.8. The molecule has 8 nitrogen and oxygen atoms in total. The van der Waals surface area contributed by atoms with Gasteiger partial charge in [-0.1, -0.05) is 12.1 Å². The zero-order valence-electron chi connectivity index (χ0n) is 12.9. The van der Waals surface area contributed by atoms with E-state index in [0.29, 0.717) is 5.56 Å². The van der Waals surface area contributed by atoms with Crippen molar-refractivity contribution >= 4 is 35.0 Å². The van der Waals surface area contributed by atoms with E-state index >= 15 is 0 Å². The molecule has 0 unspecified atom stereocenters. The number of carbonyl (C=O) groups excluding carboxylic acids is 1. The lowest BCUT2D eigenvalue weighted by molar-refractivity contribution is -0.384. The number of nitro benzene ring substituents is 1. The molecule has 3 aromatic rings. The molecule has 0 aliphatic rings. The van der Waals surface area contributed by atoms with Gasteiger partial charge in [-0.3, -0.25) is 10.1 Å². The summed E-state index contributed by atoms with van der Waals surface area (Å²) >= 11 is -0.123. The largest absolute Gasteiger partial charge is 0.462 e. The molecule has 0 fully saturated rings. The molecule has 2 aromatic heterocycles. The van der Waals surface area contributed by atoms with Gasteiger partial charge in [0.2, 0.25) is 0 Å². The number of aromatic nitrogens is 3. The molecule has 0 atom stereocenters. The average Bonchev–Trinajstić information content (AvgIpc) is 3.01. The van der Waals surface area contributed by atoms with E-state index in [2.05, 4.69) is 9.97 Å². The first-order valence-corrected chi connectivity index (χ1v) is 7.81. The quantitative estimate of drug-likeness (QED) is 0.388. The third-order valence-electron chi connectivity index (χ3n) is 3.45. The van der Waals surface area contributed by atoms with Crippen molar-refractivity contribution in [3.8, 4) is 11.3 Å². The number of carbonyl (C=O) groups is 1. The molecule has 1 aromatic carbocycles. The fourth-order valence-corrected chi connectivity index (χ4v) is 2.79. The minimum Gasteiger partial charge on any atom is -0.462 e. The lowest BCUT2D eigenvalue weighted by Gasteiger charge is -2.05. The SMILES string of the molecule is CCOC(=O)c1cn(SF)c2ncnc(-c3cccc([N+](=O)[O-])c3)c12. The highest BCUT2D eigenvalue weighted by molar-refractivity contribution is 7.92. The van der Waals surface area contributed by atoms with Crippen LogP contribution in [0.1, 0.15) is 17.3 Å². The third-order valence-corrected chi connectivity index (χ3v) is 3.88. The molecular weight excluding hydrogens is 351 g/mol. The summed E-state index contributed by atoms with van der Waals surface area (Å²) in [7, 11) is 0. The van der Waals surface area contributed by atoms with Crippen molar-refractivity contribution in [2.45, 2.75) is 6.92 Å². The second-order valence-corrected chi connectivity index (χ2v) is 5.42. The van der Waals surface area contributed by atoms with Gasteiger partial charge >= 0.3 is 5.97 Å². The van der Waals surface area contributed by atoms with Crippen LogP contribution in [0.2, 0.25) is 0 Å². The third kappa shape index (κ3) is 3.03. The highest BCUT2D eigenvalue weighted by atomic mass is 32.2. The molecule has 0 saturated heterocycles. The van der Waals surface area contributed by atoms with Crippen molar-refractivity contribution in [1.29, 1.82) is 0 Å². The van der Waals surface area contributed by atoms with Gasteiger partial charge in [-0.25, -0.2) is 18.7 Å². The minimum absolute atomic E-state index is 0.0871. The second-order valence-electron chi connectivity index (χ2n) is 4.89. The number of ether oxygens (including phenoxy) is 1. The van der Waals surface area contributed by atoms with Crippen LogP contribution in [0.4, 0.5) is 9.57 Å². The van der Waals surface area contributed by atoms with Crippen molar-refractivity contribution in [2.75, 3.05) is 6.61 Å². The Kier molecular flexibility index (Phi) is 4.61. The molecule has 2 heterocycles. The predicted molar refractivity (Wildman–Crippen MR) is 89.7 cm³/mol. The number of non-ortho nitro benzene ring substituents is 1. The molecule has 0 saturated carbocycles. The Morgan fingerprint density at radius 3 is 2.92 bits per heavy atom. The number of esters is 1. The van der Waals surface area contributed by atoms with E-state index in [1.54, 1.807) is 13.0 Å². The van der Waals surface area contributed by atoms with E-state index in [-0.39, 0.29) is 46.9 Å². The zero-order chi connectivity index (χ0) is 18.0. The normalized spacial score (nSPS) is 10.8. The Bertz CT molecular complexity index is 975. The van der Waals surface area contributed by atoms with Crippen molar-refractivity contribution in [1.82, 2.24) is 13.9 Å². The van der Waals surface area contributed by atoms with E-state index < -0.39 is 10.9 Å². The Morgan fingerprint density at radius 1 is 1.44 bits per heavy atom. The second kappa shape index (κ2) is 6.85. The number of nitro groups is 1. The molecule has 0 radical (unpaired) electrons. The Labute approximate surface area is 145 Å². The van der Waals surface area contributed by atoms with E-state index in [4.69, 9.17) is 4.74 Å². The summed E-state index contributed by atoms with van der Waals surface area (Å²) in [5.41, 5.74) is 0.829. The van der Waals surface area contributed by atoms with Crippen LogP contribution in [0.15, 0.2) is 36.8 Å². The topological polar surface area (TPSA) is 100 Å². The molecule has 0 bridgehead atoms. The van der Waals surface area contributed by atoms with E-state index in [9.17, 15) is 18.8 Å². The molecule has 128 valence electrons. The Hall–Kier alpha value is -3.01. The fraction of sp³-hybridized carbons (Fsp3) is 0.133. The van der Waals surface area contributed by atoms with Gasteiger partial charge in [-0.15, -0.1) is 3.89 Å². The molecule has 0 spiro atoms. The van der Waals surface area contributed by atoms with Crippen LogP contribution in [0, 0.1) is 10.1 Å². The van der Waals surface area contributed by atoms with Gasteiger partial charge in [0, 0.05) is 23.9 Å². The predicted octanol–water partition coefficient (Wildman–Crippen LogP) is 3.56. The van der Waals surface area contributed by atoms with Crippen molar-refractivity contribution in [3.05, 3.63) is 52.5 Å². The minimum atomic E-state index is -0.651. The van der Waals surface area contributed by atoms with Gasteiger partial charge in [0.1, 0.15) is 6.33 Å². The average molecular weight is 362 g/mol. The zero-order valence-corrected chi connectivity index (χ0v) is 13.7. The van der Waals surface area contributed by atoms with Gasteiger partial charge in [-0.05, 0) is 6.92 Å². The molecule has 0 amide bonds. The maximum atomic E-state index is 13.2. The fourth-order valence-electron chi connectivity index (χ4n) is 2.44. The maximum Gasteiger partial charge on any atom is 0.340 e. The van der Waals surface area contributed by atoms with Gasteiger partial charge in [0.25, 0.3) is 5.69 Å². The van der Waals surface area contributed by atoms with Gasteiger partial charge < -0.3 is 4.74 Å². The van der Waals surface area contributed by atoms with Gasteiger partial charge in [0.15, 0.2) is 18.0 Å². The highest BCUT2D eigenvalue weighted by Gasteiger charge is 2.23. The molecule has 0 N–H and O–H groups in total. The molecule has 3 rings (SSSR count). The lowest BCUT2D eigenvalue weighted by atomic mass is 10.1. The van der Waals surface area contributed by atoms with E-state index in [1.807, 2.05) is 0 Å². The number of benzene rings is 1. The number of hydrogen-bond donors (Lipinski definition) is 0. The number of nitrogens with zero attached hydrogens (tertiary/aromatic N) is 4. The first-order chi connectivity index (χ1) is 12.1. The summed E-state index contributed by atoms with van der Waals surface area (Å²) in [6, 6.07) is 5.79. The first kappa shape index (κ1) is 16.8. The van der Waals surface area contributed by atoms with Crippen LogP contribution < -0.4 is 0 Å². The van der Waals surface area contributed by atoms with Crippen molar-refractivity contribution < 1.29 is 18.3 Å². The molecule has 10 heteroatoms. The highest BCUT2D eigenvalue weighted by Crippen LogP contribution is 2.33. The summed E-state index contributed by atoms with van der Waals surface area (Å²) in [5, 5.41) is 11.3. The smallest absolute Gasteiger partial charge is 0.340 e. The van der Waals surface area contributed by atoms with Gasteiger partial charge in [0.05, 0.1) is 28.2 Å². The summed E-state index contributed by atoms with van der Waals surface area (Å²) in [5.74, 6) is -0.651. The van der Waals surface area contributed by atoms with Gasteiger partial charge in [-0.2, -0.15) is 0 Å². The number of fused-ring (bicyclic) bond motifs is 1. The molecule has 0 aliphatic carbocycles. The van der Waals surface area contributed by atoms with Crippen LogP contribution in [-0.4, -0.2) is 31.4 Å². The lowest BCUT2D eigenvalue weighted by Crippen LogP contribution is -2.04. The maximum absolute atomic E-state index is 13.2. The summed E-state index contributed by atoms with van der Waals surface area (Å²) in [6.45, 7) is 1.80. The van der Waals surface area contributed by atoms with Crippen LogP contribution in [-0.2, 0) is 4.74 Å². The first-order valence-electron chi connectivity index (χ1n) is 7.14. The van der Waals surface area contributed by atoms with Crippen LogP contribution in [0.25, 0.3) is 22.3 Å². The monoisotopic (exact) mass is 362 g/mol. The summed E-state index contributed by atoms with van der Waals surface area (Å²) in [6.07, 6.45) is 2.47. The van der Waals surface area contributed by atoms with Crippen molar-refractivity contribution in [3.63, 3.8) is 0 Å². The standard InChI is InChI=1S/C15H11FN4O4S/c1-2-24-15(21)11-7-19(25-16)14-12(11)13(17-8-18-14)9-4-3-5-10(6-9)20(22)23/h3-8H,2H2,1H3. The van der Waals surface area contributed by atoms with E-state index in [1.165, 1.54) is 30.7 Å². The van der Waals surface area contributed by atoms with Crippen LogP contribution >= 0.6 is 12.3 Å². The summed E-state index contributed by atoms with van der Waals surface area (Å²) < 4.78 is 19.3. The van der Waals surface area contributed by atoms with Crippen LogP contribution in [0.3, 0.4) is 0 Å². The Morgan fingerprint density at radius 2 is 2.24 bits per heavy atom. The molecular formula is C15H11FN4O4S. The number of rotatable bonds is 5. The van der Waals surface area contributed by atoms with Crippen LogP contribution in [0.5, 0.6) is 0 Å². The Balaban J connectivity index is 2.28. The van der Waals surface area contributed by atoms with E-state index in [0.717, 1.165) is 3.97 Å². The number of halogens is 1.